The van der Waals surface area contributed by atoms with Crippen molar-refractivity contribution in [3.63, 3.8) is 0 Å². The Morgan fingerprint density at radius 2 is 1.38 bits per heavy atom. The molecule has 0 spiro atoms. The Morgan fingerprint density at radius 1 is 0.844 bits per heavy atom. The number of hydrogen-bond donors (Lipinski definition) is 5. The van der Waals surface area contributed by atoms with Crippen LogP contribution in [0.25, 0.3) is 0 Å². The fourth-order valence-corrected chi connectivity index (χ4v) is 4.35. The standard InChI is InChI=1S/C36H51N3O6/c1-3-4-5-6-7-8-9-10-11-12-13-14-15-16-17-18-19-20-21-24-32(40)38-27-25-31(29(2)35(42)43)33(36(44)45)39-34(41)30-23-22-26-37-28-30/h4-5,7-8,10-11,13-14,16-17,19-20,22-23,26,28-29,31,33,35,42-43H,3,6,9,12,15,18,21,24-25,27H2,1-2H3,(H,38,40)(H,39,41)(H,44,45)/b5-4-,8-7-,11-10-,14-13-,17-16-,20-19-/t29?,31?,33-/m0/s1. The normalized spacial score (nSPS) is 14.4. The highest BCUT2D eigenvalue weighted by atomic mass is 16.5. The van der Waals surface area contributed by atoms with E-state index < -0.39 is 36.0 Å². The van der Waals surface area contributed by atoms with E-state index >= 15 is 0 Å². The quantitative estimate of drug-likeness (QED) is 0.0765. The van der Waals surface area contributed by atoms with Crippen molar-refractivity contribution in [1.29, 1.82) is 0 Å². The molecule has 3 atom stereocenters. The maximum Gasteiger partial charge on any atom is 0.326 e. The van der Waals surface area contributed by atoms with Crippen molar-refractivity contribution in [2.45, 2.75) is 84.0 Å². The minimum atomic E-state index is -1.80. The third-order valence-electron chi connectivity index (χ3n) is 6.98. The van der Waals surface area contributed by atoms with Gasteiger partial charge in [0.2, 0.25) is 5.91 Å². The summed E-state index contributed by atoms with van der Waals surface area (Å²) in [5, 5.41) is 34.5. The summed E-state index contributed by atoms with van der Waals surface area (Å²) in [4.78, 5) is 40.8. The lowest BCUT2D eigenvalue weighted by Gasteiger charge is -2.31. The number of nitrogens with zero attached hydrogens (tertiary/aromatic N) is 1. The lowest BCUT2D eigenvalue weighted by atomic mass is 9.83. The first-order valence-electron chi connectivity index (χ1n) is 15.7. The van der Waals surface area contributed by atoms with E-state index in [1.54, 1.807) is 6.07 Å². The first kappa shape index (κ1) is 38.9. The number of aromatic nitrogens is 1. The van der Waals surface area contributed by atoms with E-state index in [9.17, 15) is 29.7 Å². The lowest BCUT2D eigenvalue weighted by Crippen LogP contribution is -2.50. The number of aliphatic hydroxyl groups is 2. The largest absolute Gasteiger partial charge is 0.480 e. The number of aliphatic carboxylic acids is 1. The van der Waals surface area contributed by atoms with E-state index in [-0.39, 0.29) is 30.9 Å². The maximum absolute atomic E-state index is 12.6. The topological polar surface area (TPSA) is 149 Å². The molecule has 246 valence electrons. The van der Waals surface area contributed by atoms with E-state index in [1.165, 1.54) is 25.4 Å². The van der Waals surface area contributed by atoms with Crippen molar-refractivity contribution < 1.29 is 29.7 Å². The van der Waals surface area contributed by atoms with Gasteiger partial charge in [0.15, 0.2) is 6.29 Å². The van der Waals surface area contributed by atoms with Crippen molar-refractivity contribution in [3.8, 4) is 0 Å². The number of carbonyl (C=O) groups is 3. The Labute approximate surface area is 268 Å². The number of amides is 2. The van der Waals surface area contributed by atoms with Gasteiger partial charge in [-0.3, -0.25) is 14.6 Å². The minimum absolute atomic E-state index is 0.120. The Bertz CT molecular complexity index is 1150. The number of allylic oxidation sites excluding steroid dienone is 12. The second kappa shape index (κ2) is 25.3. The van der Waals surface area contributed by atoms with Crippen LogP contribution in [-0.2, 0) is 9.59 Å². The Morgan fingerprint density at radius 3 is 1.84 bits per heavy atom. The number of nitrogens with one attached hydrogen (secondary N) is 2. The monoisotopic (exact) mass is 621 g/mol. The van der Waals surface area contributed by atoms with Crippen LogP contribution in [0, 0.1) is 11.8 Å². The SMILES string of the molecule is CC/C=C\C/C=C\C/C=C\C/C=C\C/C=C\C/C=C\CCC(=O)NCCC(C(C)C(O)O)[C@H](NC(=O)c1cccnc1)C(=O)O. The van der Waals surface area contributed by atoms with Gasteiger partial charge in [-0.25, -0.2) is 4.79 Å². The molecule has 0 aliphatic rings. The third kappa shape index (κ3) is 19.0. The molecule has 0 saturated carbocycles. The molecule has 0 radical (unpaired) electrons. The van der Waals surface area contributed by atoms with Crippen molar-refractivity contribution >= 4 is 17.8 Å². The van der Waals surface area contributed by atoms with E-state index in [0.29, 0.717) is 6.42 Å². The Balaban J connectivity index is 2.34. The van der Waals surface area contributed by atoms with Gasteiger partial charge in [-0.05, 0) is 69.4 Å². The van der Waals surface area contributed by atoms with E-state index in [0.717, 1.165) is 38.5 Å². The average Bonchev–Trinajstić information content (AvgIpc) is 3.03. The van der Waals surface area contributed by atoms with Crippen LogP contribution < -0.4 is 10.6 Å². The molecular formula is C36H51N3O6. The van der Waals surface area contributed by atoms with Gasteiger partial charge < -0.3 is 26.0 Å². The zero-order valence-corrected chi connectivity index (χ0v) is 26.6. The molecule has 2 unspecified atom stereocenters. The second-order valence-electron chi connectivity index (χ2n) is 10.6. The summed E-state index contributed by atoms with van der Waals surface area (Å²) in [5.41, 5.74) is 0.183. The number of carboxylic acids is 1. The number of rotatable bonds is 23. The van der Waals surface area contributed by atoms with Crippen LogP contribution in [0.15, 0.2) is 97.4 Å². The molecule has 0 bridgehead atoms. The average molecular weight is 622 g/mol. The molecule has 0 aliphatic heterocycles. The fourth-order valence-electron chi connectivity index (χ4n) is 4.35. The molecule has 1 rings (SSSR count). The molecule has 2 amide bonds. The molecule has 5 N–H and O–H groups in total. The van der Waals surface area contributed by atoms with Crippen molar-refractivity contribution in [3.05, 3.63) is 103 Å². The third-order valence-corrected chi connectivity index (χ3v) is 6.98. The summed E-state index contributed by atoms with van der Waals surface area (Å²) >= 11 is 0. The molecule has 0 aromatic carbocycles. The van der Waals surface area contributed by atoms with Gasteiger partial charge in [-0.15, -0.1) is 0 Å². The van der Waals surface area contributed by atoms with E-state index in [2.05, 4.69) is 83.3 Å². The molecule has 1 heterocycles. The zero-order valence-electron chi connectivity index (χ0n) is 26.6. The minimum Gasteiger partial charge on any atom is -0.480 e. The number of hydrogen-bond acceptors (Lipinski definition) is 6. The summed E-state index contributed by atoms with van der Waals surface area (Å²) in [6, 6.07) is 1.65. The number of pyridine rings is 1. The summed E-state index contributed by atoms with van der Waals surface area (Å²) in [5.74, 6) is -3.88. The van der Waals surface area contributed by atoms with Crippen molar-refractivity contribution in [1.82, 2.24) is 15.6 Å². The molecular weight excluding hydrogens is 570 g/mol. The van der Waals surface area contributed by atoms with Gasteiger partial charge in [-0.1, -0.05) is 86.8 Å². The van der Waals surface area contributed by atoms with Crippen LogP contribution >= 0.6 is 0 Å². The van der Waals surface area contributed by atoms with Gasteiger partial charge in [0.05, 0.1) is 5.56 Å². The summed E-state index contributed by atoms with van der Waals surface area (Å²) in [6.45, 7) is 3.75. The summed E-state index contributed by atoms with van der Waals surface area (Å²) < 4.78 is 0. The van der Waals surface area contributed by atoms with Gasteiger partial charge in [0.1, 0.15) is 6.04 Å². The smallest absolute Gasteiger partial charge is 0.326 e. The van der Waals surface area contributed by atoms with E-state index in [1.807, 2.05) is 12.2 Å². The van der Waals surface area contributed by atoms with E-state index in [4.69, 9.17) is 0 Å². The molecule has 1 aromatic rings. The highest BCUT2D eigenvalue weighted by molar-refractivity contribution is 5.96. The highest BCUT2D eigenvalue weighted by Gasteiger charge is 2.36. The zero-order chi connectivity index (χ0) is 33.1. The molecule has 0 saturated heterocycles. The predicted molar refractivity (Wildman–Crippen MR) is 179 cm³/mol. The van der Waals surface area contributed by atoms with Crippen molar-refractivity contribution in [2.75, 3.05) is 6.54 Å². The first-order valence-corrected chi connectivity index (χ1v) is 15.7. The van der Waals surface area contributed by atoms with Gasteiger partial charge in [0.25, 0.3) is 5.91 Å². The van der Waals surface area contributed by atoms with Crippen LogP contribution in [0.1, 0.15) is 82.0 Å². The predicted octanol–water partition coefficient (Wildman–Crippen LogP) is 5.81. The molecule has 1 aromatic heterocycles. The highest BCUT2D eigenvalue weighted by Crippen LogP contribution is 2.23. The maximum atomic E-state index is 12.6. The first-order chi connectivity index (χ1) is 21.8. The fraction of sp³-hybridized carbons (Fsp3) is 0.444. The molecule has 0 fully saturated rings. The van der Waals surface area contributed by atoms with Crippen LogP contribution in [-0.4, -0.2) is 57.0 Å². The Kier molecular flexibility index (Phi) is 21.9. The van der Waals surface area contributed by atoms with Gasteiger partial charge in [-0.2, -0.15) is 0 Å². The molecule has 9 nitrogen and oxygen atoms in total. The number of aliphatic hydroxyl groups excluding tert-OH is 1. The van der Waals surface area contributed by atoms with Crippen LogP contribution in [0.4, 0.5) is 0 Å². The number of carbonyl (C=O) groups excluding carboxylic acids is 2. The van der Waals surface area contributed by atoms with Crippen LogP contribution in [0.2, 0.25) is 0 Å². The summed E-state index contributed by atoms with van der Waals surface area (Å²) in [6.07, 6.45) is 33.0. The lowest BCUT2D eigenvalue weighted by molar-refractivity contribution is -0.144. The second-order valence-corrected chi connectivity index (χ2v) is 10.6. The Hall–Kier alpha value is -4.08. The van der Waals surface area contributed by atoms with Gasteiger partial charge >= 0.3 is 5.97 Å². The van der Waals surface area contributed by atoms with Gasteiger partial charge in [0, 0.05) is 31.3 Å². The van der Waals surface area contributed by atoms with Crippen LogP contribution in [0.3, 0.4) is 0 Å². The molecule has 0 aliphatic carbocycles. The molecule has 45 heavy (non-hydrogen) atoms. The number of carboxylic acid groups (broad SMARTS) is 1. The van der Waals surface area contributed by atoms with Crippen LogP contribution in [0.5, 0.6) is 0 Å². The molecule has 9 heteroatoms. The van der Waals surface area contributed by atoms with Crippen molar-refractivity contribution in [2.24, 2.45) is 11.8 Å². The summed E-state index contributed by atoms with van der Waals surface area (Å²) in [7, 11) is 0.